The molecule has 1 amide bonds. The van der Waals surface area contributed by atoms with Gasteiger partial charge in [0, 0.05) is 21.2 Å². The number of nitrogens with zero attached hydrogens (tertiary/aromatic N) is 1. The van der Waals surface area contributed by atoms with Gasteiger partial charge in [0.05, 0.1) is 18.7 Å². The van der Waals surface area contributed by atoms with Crippen LogP contribution in [0.4, 0.5) is 5.69 Å². The maximum absolute atomic E-state index is 13.3. The van der Waals surface area contributed by atoms with Gasteiger partial charge >= 0.3 is 0 Å². The topological polar surface area (TPSA) is 70.8 Å². The van der Waals surface area contributed by atoms with Gasteiger partial charge in [-0.1, -0.05) is 47.5 Å². The summed E-state index contributed by atoms with van der Waals surface area (Å²) in [6.45, 7) is 1.79. The predicted molar refractivity (Wildman–Crippen MR) is 110 cm³/mol. The van der Waals surface area contributed by atoms with Gasteiger partial charge in [-0.2, -0.15) is 0 Å². The normalized spacial score (nSPS) is 18.2. The first kappa shape index (κ1) is 19.7. The van der Waals surface area contributed by atoms with Gasteiger partial charge in [0.2, 0.25) is 5.78 Å². The van der Waals surface area contributed by atoms with Crippen molar-refractivity contribution in [3.63, 3.8) is 0 Å². The summed E-state index contributed by atoms with van der Waals surface area (Å²) in [5.74, 6) is -0.380. The largest absolute Gasteiger partial charge is 0.458 e. The lowest BCUT2D eigenvalue weighted by atomic mass is 9.89. The standard InChI is InChI=1S/C22H17Cl2NO4/c1-13-9-10-20(29-13)19(26)11-22(28)15-5-2-3-8-18(15)25(21(22)27)12-14-16(23)6-4-7-17(14)24/h2-10,28H,11-12H2,1H3/t22-/m0/s1. The molecule has 148 valence electrons. The Kier molecular flexibility index (Phi) is 4.99. The highest BCUT2D eigenvalue weighted by molar-refractivity contribution is 6.36. The Morgan fingerprint density at radius 1 is 1.07 bits per heavy atom. The summed E-state index contributed by atoms with van der Waals surface area (Å²) >= 11 is 12.5. The summed E-state index contributed by atoms with van der Waals surface area (Å²) in [5, 5.41) is 12.2. The van der Waals surface area contributed by atoms with E-state index in [2.05, 4.69) is 0 Å². The number of anilines is 1. The number of para-hydroxylation sites is 1. The van der Waals surface area contributed by atoms with Crippen LogP contribution in [0, 0.1) is 6.92 Å². The number of ketones is 1. The molecule has 5 nitrogen and oxygen atoms in total. The quantitative estimate of drug-likeness (QED) is 0.585. The van der Waals surface area contributed by atoms with E-state index in [0.29, 0.717) is 32.6 Å². The maximum Gasteiger partial charge on any atom is 0.264 e. The number of aryl methyl sites for hydroxylation is 1. The van der Waals surface area contributed by atoms with Crippen LogP contribution in [-0.2, 0) is 16.9 Å². The highest BCUT2D eigenvalue weighted by atomic mass is 35.5. The summed E-state index contributed by atoms with van der Waals surface area (Å²) in [6.07, 6.45) is -0.428. The van der Waals surface area contributed by atoms with E-state index in [1.54, 1.807) is 55.5 Å². The van der Waals surface area contributed by atoms with Crippen LogP contribution in [0.3, 0.4) is 0 Å². The van der Waals surface area contributed by atoms with E-state index in [9.17, 15) is 14.7 Å². The second-order valence-electron chi connectivity index (χ2n) is 6.98. The molecular weight excluding hydrogens is 413 g/mol. The van der Waals surface area contributed by atoms with Crippen LogP contribution in [0.2, 0.25) is 10.0 Å². The number of fused-ring (bicyclic) bond motifs is 1. The van der Waals surface area contributed by atoms with Crippen LogP contribution in [-0.4, -0.2) is 16.8 Å². The molecule has 0 saturated heterocycles. The monoisotopic (exact) mass is 429 g/mol. The molecule has 0 fully saturated rings. The number of carbonyl (C=O) groups excluding carboxylic acids is 2. The van der Waals surface area contributed by atoms with Crippen molar-refractivity contribution in [2.45, 2.75) is 25.5 Å². The first-order valence-corrected chi connectivity index (χ1v) is 9.73. The first-order chi connectivity index (χ1) is 13.8. The number of hydrogen-bond donors (Lipinski definition) is 1. The van der Waals surface area contributed by atoms with Crippen molar-refractivity contribution >= 4 is 40.6 Å². The number of rotatable bonds is 5. The fraction of sp³-hybridized carbons (Fsp3) is 0.182. The molecule has 1 aliphatic heterocycles. The zero-order valence-corrected chi connectivity index (χ0v) is 17.0. The van der Waals surface area contributed by atoms with Crippen LogP contribution in [0.1, 0.15) is 33.9 Å². The third kappa shape index (κ3) is 3.35. The van der Waals surface area contributed by atoms with Crippen molar-refractivity contribution in [2.75, 3.05) is 4.90 Å². The molecule has 1 atom stereocenters. The SMILES string of the molecule is Cc1ccc(C(=O)C[C@@]2(O)C(=O)N(Cc3c(Cl)cccc3Cl)c3ccccc32)o1. The van der Waals surface area contributed by atoms with Crippen LogP contribution in [0.15, 0.2) is 59.0 Å². The Bertz CT molecular complexity index is 1100. The molecule has 0 spiro atoms. The molecular formula is C22H17Cl2NO4. The Balaban J connectivity index is 1.71. The molecule has 0 radical (unpaired) electrons. The molecule has 0 unspecified atom stereocenters. The summed E-state index contributed by atoms with van der Waals surface area (Å²) in [6, 6.07) is 15.1. The smallest absolute Gasteiger partial charge is 0.264 e. The van der Waals surface area contributed by atoms with E-state index >= 15 is 0 Å². The van der Waals surface area contributed by atoms with Gasteiger partial charge in [-0.15, -0.1) is 0 Å². The van der Waals surface area contributed by atoms with E-state index in [-0.39, 0.29) is 12.3 Å². The van der Waals surface area contributed by atoms with Crippen molar-refractivity contribution in [1.29, 1.82) is 0 Å². The molecule has 7 heteroatoms. The molecule has 4 rings (SSSR count). The molecule has 1 N–H and O–H groups in total. The minimum atomic E-state index is -2.00. The summed E-state index contributed by atoms with van der Waals surface area (Å²) < 4.78 is 5.36. The number of aliphatic hydroxyl groups is 1. The minimum absolute atomic E-state index is 0.0741. The average Bonchev–Trinajstić information content (AvgIpc) is 3.21. The second-order valence-corrected chi connectivity index (χ2v) is 7.79. The molecule has 0 aliphatic carbocycles. The fourth-order valence-electron chi connectivity index (χ4n) is 3.58. The van der Waals surface area contributed by atoms with Gasteiger partial charge in [-0.05, 0) is 37.3 Å². The number of Topliss-reactive ketones (excluding diaryl/α,β-unsaturated/α-hetero) is 1. The van der Waals surface area contributed by atoms with Gasteiger partial charge in [-0.3, -0.25) is 9.59 Å². The van der Waals surface area contributed by atoms with Gasteiger partial charge in [0.1, 0.15) is 5.76 Å². The van der Waals surface area contributed by atoms with Crippen molar-refractivity contribution in [3.05, 3.63) is 87.3 Å². The van der Waals surface area contributed by atoms with Crippen LogP contribution >= 0.6 is 23.2 Å². The lowest BCUT2D eigenvalue weighted by Gasteiger charge is -2.23. The van der Waals surface area contributed by atoms with Crippen LogP contribution in [0.5, 0.6) is 0 Å². The fourth-order valence-corrected chi connectivity index (χ4v) is 4.10. The number of hydrogen-bond acceptors (Lipinski definition) is 4. The molecule has 3 aromatic rings. The Morgan fingerprint density at radius 3 is 2.41 bits per heavy atom. The van der Waals surface area contributed by atoms with Gasteiger partial charge in [-0.25, -0.2) is 0 Å². The Hall–Kier alpha value is -2.60. The summed E-state index contributed by atoms with van der Waals surface area (Å²) in [7, 11) is 0. The van der Waals surface area contributed by atoms with E-state index < -0.39 is 23.7 Å². The number of halogens is 2. The molecule has 1 aliphatic rings. The lowest BCUT2D eigenvalue weighted by Crippen LogP contribution is -2.41. The number of carbonyl (C=O) groups is 2. The molecule has 2 heterocycles. The van der Waals surface area contributed by atoms with Gasteiger partial charge < -0.3 is 14.4 Å². The molecule has 0 saturated carbocycles. The van der Waals surface area contributed by atoms with Gasteiger partial charge in [0.25, 0.3) is 5.91 Å². The van der Waals surface area contributed by atoms with Crippen LogP contribution < -0.4 is 4.90 Å². The lowest BCUT2D eigenvalue weighted by molar-refractivity contribution is -0.136. The molecule has 0 bridgehead atoms. The number of benzene rings is 2. The third-order valence-electron chi connectivity index (χ3n) is 5.05. The highest BCUT2D eigenvalue weighted by Crippen LogP contribution is 2.44. The average molecular weight is 430 g/mol. The van der Waals surface area contributed by atoms with E-state index in [4.69, 9.17) is 27.6 Å². The van der Waals surface area contributed by atoms with Crippen molar-refractivity contribution in [1.82, 2.24) is 0 Å². The minimum Gasteiger partial charge on any atom is -0.458 e. The van der Waals surface area contributed by atoms with E-state index in [1.807, 2.05) is 0 Å². The van der Waals surface area contributed by atoms with E-state index in [0.717, 1.165) is 0 Å². The zero-order valence-electron chi connectivity index (χ0n) is 15.5. The molecule has 2 aromatic carbocycles. The third-order valence-corrected chi connectivity index (χ3v) is 5.76. The van der Waals surface area contributed by atoms with Crippen molar-refractivity contribution in [2.24, 2.45) is 0 Å². The second kappa shape index (κ2) is 7.34. The number of amides is 1. The molecule has 29 heavy (non-hydrogen) atoms. The zero-order chi connectivity index (χ0) is 20.8. The predicted octanol–water partition coefficient (Wildman–Crippen LogP) is 4.90. The Labute approximate surface area is 177 Å². The Morgan fingerprint density at radius 2 is 1.76 bits per heavy atom. The van der Waals surface area contributed by atoms with Crippen LogP contribution in [0.25, 0.3) is 0 Å². The van der Waals surface area contributed by atoms with Crippen molar-refractivity contribution in [3.8, 4) is 0 Å². The van der Waals surface area contributed by atoms with Gasteiger partial charge in [0.15, 0.2) is 11.4 Å². The molecule has 1 aromatic heterocycles. The summed E-state index contributed by atoms with van der Waals surface area (Å²) in [4.78, 5) is 27.4. The van der Waals surface area contributed by atoms with E-state index in [1.165, 1.54) is 11.0 Å². The van der Waals surface area contributed by atoms with Crippen molar-refractivity contribution < 1.29 is 19.1 Å². The first-order valence-electron chi connectivity index (χ1n) is 8.97. The maximum atomic E-state index is 13.3. The summed E-state index contributed by atoms with van der Waals surface area (Å²) in [5.41, 5.74) is -0.553. The number of furan rings is 1. The highest BCUT2D eigenvalue weighted by Gasteiger charge is 2.51.